The summed E-state index contributed by atoms with van der Waals surface area (Å²) in [5, 5.41) is 14.4. The molecule has 2 N–H and O–H groups in total. The van der Waals surface area contributed by atoms with Crippen LogP contribution >= 0.6 is 21.6 Å². The molecule has 3 saturated carbocycles. The molecule has 3 fully saturated rings. The summed E-state index contributed by atoms with van der Waals surface area (Å²) < 4.78 is 24.6. The van der Waals surface area contributed by atoms with Gasteiger partial charge in [0.1, 0.15) is 37.3 Å². The molecular formula is C50H74N4O7S2. The zero-order valence-corrected chi connectivity index (χ0v) is 40.8. The number of aliphatic hydroxyl groups is 1. The number of hydrogen-bond acceptors (Lipinski definition) is 11. The molecule has 11 nitrogen and oxygen atoms in total. The van der Waals surface area contributed by atoms with Crippen molar-refractivity contribution in [3.05, 3.63) is 41.7 Å². The first-order valence-corrected chi connectivity index (χ1v) is 26.4. The molecule has 8 atom stereocenters. The number of pyridine rings is 1. The lowest BCUT2D eigenvalue weighted by atomic mass is 9.47. The highest BCUT2D eigenvalue weighted by Crippen LogP contribution is 2.67. The van der Waals surface area contributed by atoms with E-state index >= 15 is 0 Å². The first-order chi connectivity index (χ1) is 30.1. The number of rotatable bonds is 19. The van der Waals surface area contributed by atoms with Crippen LogP contribution in [-0.4, -0.2) is 74.9 Å². The molecular weight excluding hydrogens is 833 g/mol. The Balaban J connectivity index is 0.821. The van der Waals surface area contributed by atoms with Crippen LogP contribution in [0.25, 0.3) is 21.9 Å². The molecule has 0 spiro atoms. The number of carbonyl (C=O) groups is 2. The van der Waals surface area contributed by atoms with Gasteiger partial charge in [0, 0.05) is 29.9 Å². The summed E-state index contributed by atoms with van der Waals surface area (Å²) in [6, 6.07) is 7.65. The number of para-hydroxylation sites is 1. The molecule has 0 aliphatic heterocycles. The maximum absolute atomic E-state index is 13.0. The largest absolute Gasteiger partial charge is 0.508 e. The van der Waals surface area contributed by atoms with Crippen LogP contribution in [-0.2, 0) is 32.1 Å². The van der Waals surface area contributed by atoms with E-state index in [0.29, 0.717) is 40.4 Å². The van der Waals surface area contributed by atoms with E-state index in [1.165, 1.54) is 56.9 Å². The van der Waals surface area contributed by atoms with Crippen molar-refractivity contribution in [2.45, 2.75) is 151 Å². The summed E-state index contributed by atoms with van der Waals surface area (Å²) >= 11 is 0. The summed E-state index contributed by atoms with van der Waals surface area (Å²) in [6.07, 6.45) is 14.8. The third-order valence-corrected chi connectivity index (χ3v) is 17.6. The summed E-state index contributed by atoms with van der Waals surface area (Å²) in [7, 11) is 3.10. The monoisotopic (exact) mass is 906 g/mol. The van der Waals surface area contributed by atoms with E-state index in [9.17, 15) is 14.7 Å². The smallest absolute Gasteiger partial charge is 0.448 e. The second kappa shape index (κ2) is 20.7. The molecule has 2 aromatic heterocycles. The lowest BCUT2D eigenvalue weighted by Crippen LogP contribution is -2.51. The average Bonchev–Trinajstić information content (AvgIpc) is 3.77. The highest BCUT2D eigenvalue weighted by Gasteiger charge is 2.59. The summed E-state index contributed by atoms with van der Waals surface area (Å²) in [6.45, 7) is 19.3. The maximum Gasteiger partial charge on any atom is 0.508 e. The first-order valence-electron chi connectivity index (χ1n) is 23.9. The number of allylic oxidation sites excluding steroid dienone is 1. The van der Waals surface area contributed by atoms with Crippen molar-refractivity contribution in [2.24, 2.45) is 46.3 Å². The van der Waals surface area contributed by atoms with Gasteiger partial charge in [-0.15, -0.1) is 0 Å². The van der Waals surface area contributed by atoms with Gasteiger partial charge in [-0.1, -0.05) is 105 Å². The van der Waals surface area contributed by atoms with Gasteiger partial charge in [0.2, 0.25) is 0 Å². The Hall–Kier alpha value is -3.00. The Bertz CT molecular complexity index is 2080. The van der Waals surface area contributed by atoms with E-state index in [1.54, 1.807) is 35.4 Å². The lowest BCUT2D eigenvalue weighted by molar-refractivity contribution is -0.0614. The van der Waals surface area contributed by atoms with E-state index in [1.807, 2.05) is 35.8 Å². The number of imidazole rings is 1. The van der Waals surface area contributed by atoms with Crippen LogP contribution in [0.1, 0.15) is 132 Å². The lowest BCUT2D eigenvalue weighted by Gasteiger charge is -2.58. The van der Waals surface area contributed by atoms with Crippen molar-refractivity contribution in [1.82, 2.24) is 14.5 Å². The zero-order valence-electron chi connectivity index (χ0n) is 39.2. The van der Waals surface area contributed by atoms with Crippen molar-refractivity contribution in [1.29, 1.82) is 0 Å². The van der Waals surface area contributed by atoms with Gasteiger partial charge in [0.05, 0.1) is 23.2 Å². The van der Waals surface area contributed by atoms with Crippen molar-refractivity contribution in [3.8, 4) is 0 Å². The van der Waals surface area contributed by atoms with E-state index in [2.05, 4.69) is 46.0 Å². The van der Waals surface area contributed by atoms with Gasteiger partial charge in [-0.2, -0.15) is 0 Å². The van der Waals surface area contributed by atoms with E-state index < -0.39 is 17.8 Å². The van der Waals surface area contributed by atoms with E-state index in [0.717, 1.165) is 65.7 Å². The fourth-order valence-corrected chi connectivity index (χ4v) is 14.0. The third-order valence-electron chi connectivity index (χ3n) is 15.3. The van der Waals surface area contributed by atoms with Crippen LogP contribution in [0.15, 0.2) is 35.9 Å². The number of hydrogen-bond donors (Lipinski definition) is 2. The van der Waals surface area contributed by atoms with Crippen molar-refractivity contribution in [3.63, 3.8) is 0 Å². The minimum Gasteiger partial charge on any atom is -0.448 e. The molecule has 2 heterocycles. The Morgan fingerprint density at radius 2 is 1.75 bits per heavy atom. The Kier molecular flexibility index (Phi) is 15.7. The molecule has 63 heavy (non-hydrogen) atoms. The predicted molar refractivity (Wildman–Crippen MR) is 256 cm³/mol. The van der Waals surface area contributed by atoms with Gasteiger partial charge in [0.25, 0.3) is 0 Å². The average molecular weight is 907 g/mol. The van der Waals surface area contributed by atoms with Crippen LogP contribution in [0.4, 0.5) is 15.4 Å². The summed E-state index contributed by atoms with van der Waals surface area (Å²) in [5.74, 6) is 6.91. The molecule has 8 unspecified atom stereocenters. The number of amides is 1. The highest BCUT2D eigenvalue weighted by molar-refractivity contribution is 8.76. The molecule has 1 amide bonds. The van der Waals surface area contributed by atoms with Crippen LogP contribution in [0, 0.1) is 46.3 Å². The van der Waals surface area contributed by atoms with E-state index in [-0.39, 0.29) is 43.7 Å². The molecule has 0 bridgehead atoms. The molecule has 0 saturated heterocycles. The van der Waals surface area contributed by atoms with Crippen molar-refractivity contribution in [2.75, 3.05) is 36.6 Å². The molecule has 0 radical (unpaired) electrons. The predicted octanol–water partition coefficient (Wildman–Crippen LogP) is 12.4. The Morgan fingerprint density at radius 1 is 0.984 bits per heavy atom. The van der Waals surface area contributed by atoms with Crippen LogP contribution in [0.3, 0.4) is 0 Å². The Morgan fingerprint density at radius 3 is 2.49 bits per heavy atom. The zero-order chi connectivity index (χ0) is 44.9. The number of nitrogens with zero attached hydrogens (tertiary/aromatic N) is 3. The van der Waals surface area contributed by atoms with Gasteiger partial charge in [-0.3, -0.25) is 5.32 Å². The second-order valence-corrected chi connectivity index (χ2v) is 23.2. The number of fused-ring (bicyclic) bond motifs is 8. The second-order valence-electron chi connectivity index (χ2n) is 20.5. The molecule has 348 valence electrons. The molecule has 1 aromatic carbocycles. The minimum atomic E-state index is -1.02. The van der Waals surface area contributed by atoms with Crippen molar-refractivity contribution < 1.29 is 33.6 Å². The highest BCUT2D eigenvalue weighted by atomic mass is 33.1. The molecule has 3 aromatic rings. The molecule has 13 heteroatoms. The topological polar surface area (TPSA) is 134 Å². The maximum atomic E-state index is 13.0. The van der Waals surface area contributed by atoms with Gasteiger partial charge >= 0.3 is 12.2 Å². The standard InChI is InChI=1S/C50H74N4O7S2/c1-9-58-30-42-52-43-44(54(42)31-48(5,6)57)37-15-10-11-16-41(37)51-45(43)53-46(55)59-25-27-62-63-28-26-60-47(56)61-35-21-23-49(7)34(29-35)17-18-36-39-20-19-38(33(4)14-12-13-32(2)3)50(39,8)24-22-40(36)49/h10-11,15-17,32-33,35-36,38-40,57H,9,12-14,18-31H2,1-8H3,(H,51,53,55). The number of anilines is 1. The number of benzene rings is 1. The number of aromatic nitrogens is 3. The number of ether oxygens (including phenoxy) is 4. The van der Waals surface area contributed by atoms with Crippen LogP contribution in [0.5, 0.6) is 0 Å². The quantitative estimate of drug-likeness (QED) is 0.0515. The van der Waals surface area contributed by atoms with Gasteiger partial charge in [0.15, 0.2) is 5.82 Å². The van der Waals surface area contributed by atoms with Crippen LogP contribution < -0.4 is 5.32 Å². The number of nitrogens with one attached hydrogen (secondary N) is 1. The normalized spacial score (nSPS) is 27.4. The first kappa shape index (κ1) is 47.9. The summed E-state index contributed by atoms with van der Waals surface area (Å²) in [5.41, 5.74) is 3.13. The summed E-state index contributed by atoms with van der Waals surface area (Å²) in [4.78, 5) is 35.3. The van der Waals surface area contributed by atoms with Crippen molar-refractivity contribution >= 4 is 61.6 Å². The SMILES string of the molecule is CCOCc1nc2c(NC(=O)OCCSSCCOC(=O)OC3CCC4(C)C(=CCC5C4CCC4(C)C(C(C)CCCC(C)C)CCC54)C3)nc3ccccc3c2n1CC(C)(C)O. The minimum absolute atomic E-state index is 0.128. The fraction of sp³-hybridized carbons (Fsp3) is 0.720. The van der Waals surface area contributed by atoms with Gasteiger partial charge in [-0.25, -0.2) is 19.6 Å². The Labute approximate surface area is 383 Å². The number of carbonyl (C=O) groups excluding carboxylic acids is 2. The van der Waals surface area contributed by atoms with E-state index in [4.69, 9.17) is 28.9 Å². The molecule has 4 aliphatic rings. The third kappa shape index (κ3) is 11.0. The molecule has 7 rings (SSSR count). The van der Waals surface area contributed by atoms with Gasteiger partial charge < -0.3 is 28.6 Å². The van der Waals surface area contributed by atoms with Gasteiger partial charge in [-0.05, 0) is 118 Å². The molecule has 4 aliphatic carbocycles. The van der Waals surface area contributed by atoms with Crippen LogP contribution in [0.2, 0.25) is 0 Å². The fourth-order valence-electron chi connectivity index (χ4n) is 12.3.